The van der Waals surface area contributed by atoms with Crippen molar-refractivity contribution in [2.24, 2.45) is 0 Å². The fourth-order valence-electron chi connectivity index (χ4n) is 3.56. The van der Waals surface area contributed by atoms with Crippen LogP contribution in [-0.4, -0.2) is 23.7 Å². The first-order chi connectivity index (χ1) is 16.2. The van der Waals surface area contributed by atoms with Gasteiger partial charge >= 0.3 is 12.0 Å². The highest BCUT2D eigenvalue weighted by Gasteiger charge is 2.13. The molecule has 178 valence electrons. The molecule has 0 aliphatic rings. The van der Waals surface area contributed by atoms with E-state index >= 15 is 0 Å². The Kier molecular flexibility index (Phi) is 7.79. The molecule has 0 spiro atoms. The van der Waals surface area contributed by atoms with Crippen molar-refractivity contribution >= 4 is 23.4 Å². The van der Waals surface area contributed by atoms with Crippen LogP contribution >= 0.6 is 0 Å². The molecule has 0 radical (unpaired) electrons. The number of phenols is 1. The van der Waals surface area contributed by atoms with Crippen LogP contribution in [0.25, 0.3) is 0 Å². The van der Waals surface area contributed by atoms with Crippen LogP contribution in [0.3, 0.4) is 0 Å². The van der Waals surface area contributed by atoms with E-state index in [0.717, 1.165) is 16.7 Å². The van der Waals surface area contributed by atoms with Gasteiger partial charge in [0.05, 0.1) is 12.2 Å². The quantitative estimate of drug-likeness (QED) is 0.338. The molecular weight excluding hydrogens is 432 g/mol. The number of rotatable bonds is 7. The fourth-order valence-corrected chi connectivity index (χ4v) is 3.56. The number of aromatic hydroxyl groups is 1. The minimum atomic E-state index is -0.406. The Balaban J connectivity index is 1.68. The zero-order valence-electron chi connectivity index (χ0n) is 20.1. The normalized spacial score (nSPS) is 10.6. The van der Waals surface area contributed by atoms with Crippen molar-refractivity contribution in [1.82, 2.24) is 0 Å². The molecule has 0 saturated carbocycles. The number of anilines is 2. The van der Waals surface area contributed by atoms with Gasteiger partial charge in [-0.15, -0.1) is 0 Å². The molecule has 0 aromatic heterocycles. The standard InChI is InChI=1S/C27H30N2O5/c1-6-33-26(31)19-7-9-20(10-8-19)28-27(32)29-21-13-17(4)25(18(5)14-21)34-22-11-12-24(30)23(15-22)16(2)3/h7-16,30H,6H2,1-5H3,(H2,28,29,32). The number of ether oxygens (including phenoxy) is 2. The summed E-state index contributed by atoms with van der Waals surface area (Å²) in [5, 5.41) is 15.6. The Hall–Kier alpha value is -4.00. The Bertz CT molecular complexity index is 1160. The number of carbonyl (C=O) groups excluding carboxylic acids is 2. The van der Waals surface area contributed by atoms with Gasteiger partial charge in [-0.1, -0.05) is 13.8 Å². The first-order valence-corrected chi connectivity index (χ1v) is 11.1. The monoisotopic (exact) mass is 462 g/mol. The summed E-state index contributed by atoms with van der Waals surface area (Å²) in [5.41, 5.74) is 4.12. The predicted octanol–water partition coefficient (Wildman–Crippen LogP) is 6.75. The van der Waals surface area contributed by atoms with Crippen molar-refractivity contribution < 1.29 is 24.2 Å². The van der Waals surface area contributed by atoms with Crippen molar-refractivity contribution in [3.8, 4) is 17.2 Å². The van der Waals surface area contributed by atoms with E-state index in [1.54, 1.807) is 43.3 Å². The van der Waals surface area contributed by atoms with Crippen molar-refractivity contribution in [2.45, 2.75) is 40.5 Å². The van der Waals surface area contributed by atoms with Crippen LogP contribution in [0, 0.1) is 13.8 Å². The highest BCUT2D eigenvalue weighted by molar-refractivity contribution is 6.00. The summed E-state index contributed by atoms with van der Waals surface area (Å²) < 4.78 is 11.1. The smallest absolute Gasteiger partial charge is 0.338 e. The van der Waals surface area contributed by atoms with Crippen LogP contribution in [-0.2, 0) is 4.74 Å². The first kappa shape index (κ1) is 24.6. The number of urea groups is 1. The number of aryl methyl sites for hydroxylation is 2. The summed E-state index contributed by atoms with van der Waals surface area (Å²) >= 11 is 0. The number of phenolic OH excluding ortho intramolecular Hbond substituents is 1. The van der Waals surface area contributed by atoms with Gasteiger partial charge in [-0.05, 0) is 92.4 Å². The van der Waals surface area contributed by atoms with E-state index in [2.05, 4.69) is 10.6 Å². The van der Waals surface area contributed by atoms with E-state index < -0.39 is 12.0 Å². The third-order valence-corrected chi connectivity index (χ3v) is 5.21. The summed E-state index contributed by atoms with van der Waals surface area (Å²) in [6, 6.07) is 14.9. The van der Waals surface area contributed by atoms with E-state index in [4.69, 9.17) is 9.47 Å². The third kappa shape index (κ3) is 6.07. The lowest BCUT2D eigenvalue weighted by atomic mass is 10.0. The Morgan fingerprint density at radius 3 is 2.12 bits per heavy atom. The highest BCUT2D eigenvalue weighted by Crippen LogP contribution is 2.35. The van der Waals surface area contributed by atoms with Gasteiger partial charge in [0.25, 0.3) is 0 Å². The fraction of sp³-hybridized carbons (Fsp3) is 0.259. The molecule has 0 unspecified atom stereocenters. The molecule has 0 bridgehead atoms. The van der Waals surface area contributed by atoms with E-state index in [9.17, 15) is 14.7 Å². The van der Waals surface area contributed by atoms with Gasteiger partial charge in [0.1, 0.15) is 17.2 Å². The number of hydrogen-bond acceptors (Lipinski definition) is 5. The molecule has 2 amide bonds. The molecule has 7 heteroatoms. The zero-order chi connectivity index (χ0) is 24.8. The van der Waals surface area contributed by atoms with Crippen molar-refractivity contribution in [1.29, 1.82) is 0 Å². The van der Waals surface area contributed by atoms with E-state index in [-0.39, 0.29) is 11.7 Å². The number of amides is 2. The van der Waals surface area contributed by atoms with Gasteiger partial charge in [-0.3, -0.25) is 0 Å². The Morgan fingerprint density at radius 2 is 1.53 bits per heavy atom. The average Bonchev–Trinajstić information content (AvgIpc) is 2.77. The third-order valence-electron chi connectivity index (χ3n) is 5.21. The minimum Gasteiger partial charge on any atom is -0.508 e. The lowest BCUT2D eigenvalue weighted by molar-refractivity contribution is 0.0526. The SMILES string of the molecule is CCOC(=O)c1ccc(NC(=O)Nc2cc(C)c(Oc3ccc(O)c(C(C)C)c3)c(C)c2)cc1. The molecule has 0 atom stereocenters. The first-order valence-electron chi connectivity index (χ1n) is 11.1. The van der Waals surface area contributed by atoms with Crippen molar-refractivity contribution in [3.63, 3.8) is 0 Å². The maximum Gasteiger partial charge on any atom is 0.338 e. The molecule has 3 rings (SSSR count). The largest absolute Gasteiger partial charge is 0.508 e. The number of esters is 1. The maximum atomic E-state index is 12.5. The molecule has 0 aliphatic carbocycles. The van der Waals surface area contributed by atoms with Gasteiger partial charge < -0.3 is 25.2 Å². The molecule has 7 nitrogen and oxygen atoms in total. The van der Waals surface area contributed by atoms with E-state index in [1.807, 2.05) is 45.9 Å². The zero-order valence-corrected chi connectivity index (χ0v) is 20.1. The number of nitrogens with one attached hydrogen (secondary N) is 2. The molecule has 3 aromatic carbocycles. The van der Waals surface area contributed by atoms with Gasteiger partial charge in [-0.2, -0.15) is 0 Å². The number of carbonyl (C=O) groups is 2. The van der Waals surface area contributed by atoms with Crippen LogP contribution in [0.1, 0.15) is 53.7 Å². The molecule has 0 fully saturated rings. The van der Waals surface area contributed by atoms with Crippen LogP contribution in [0.15, 0.2) is 54.6 Å². The molecule has 0 heterocycles. The summed E-state index contributed by atoms with van der Waals surface area (Å²) in [4.78, 5) is 24.2. The number of hydrogen-bond donors (Lipinski definition) is 3. The van der Waals surface area contributed by atoms with Gasteiger partial charge in [0, 0.05) is 16.9 Å². The summed E-state index contributed by atoms with van der Waals surface area (Å²) in [5.74, 6) is 1.34. The van der Waals surface area contributed by atoms with Crippen LogP contribution in [0.4, 0.5) is 16.2 Å². The topological polar surface area (TPSA) is 96.9 Å². The lowest BCUT2D eigenvalue weighted by Gasteiger charge is -2.16. The van der Waals surface area contributed by atoms with Crippen molar-refractivity contribution in [3.05, 3.63) is 76.9 Å². The Labute approximate surface area is 199 Å². The summed E-state index contributed by atoms with van der Waals surface area (Å²) in [7, 11) is 0. The molecular formula is C27H30N2O5. The lowest BCUT2D eigenvalue weighted by Crippen LogP contribution is -2.19. The van der Waals surface area contributed by atoms with Gasteiger partial charge in [0.15, 0.2) is 0 Å². The average molecular weight is 463 g/mol. The van der Waals surface area contributed by atoms with E-state index in [1.165, 1.54) is 0 Å². The van der Waals surface area contributed by atoms with Gasteiger partial charge in [-0.25, -0.2) is 9.59 Å². The second-order valence-corrected chi connectivity index (χ2v) is 8.29. The summed E-state index contributed by atoms with van der Waals surface area (Å²) in [6.45, 7) is 9.88. The summed E-state index contributed by atoms with van der Waals surface area (Å²) in [6.07, 6.45) is 0. The molecule has 3 N–H and O–H groups in total. The molecule has 0 saturated heterocycles. The number of benzene rings is 3. The predicted molar refractivity (Wildman–Crippen MR) is 133 cm³/mol. The van der Waals surface area contributed by atoms with Gasteiger partial charge in [0.2, 0.25) is 0 Å². The molecule has 0 aliphatic heterocycles. The second kappa shape index (κ2) is 10.7. The Morgan fingerprint density at radius 1 is 0.912 bits per heavy atom. The second-order valence-electron chi connectivity index (χ2n) is 8.29. The molecule has 3 aromatic rings. The van der Waals surface area contributed by atoms with Crippen LogP contribution in [0.2, 0.25) is 0 Å². The van der Waals surface area contributed by atoms with E-state index in [0.29, 0.717) is 35.0 Å². The van der Waals surface area contributed by atoms with Crippen LogP contribution in [0.5, 0.6) is 17.2 Å². The van der Waals surface area contributed by atoms with Crippen LogP contribution < -0.4 is 15.4 Å². The van der Waals surface area contributed by atoms with Crippen molar-refractivity contribution in [2.75, 3.05) is 17.2 Å². The highest BCUT2D eigenvalue weighted by atomic mass is 16.5. The molecule has 34 heavy (non-hydrogen) atoms. The minimum absolute atomic E-state index is 0.164. The maximum absolute atomic E-state index is 12.5.